The van der Waals surface area contributed by atoms with Crippen molar-refractivity contribution in [1.29, 1.82) is 0 Å². The summed E-state index contributed by atoms with van der Waals surface area (Å²) in [5, 5.41) is 30.4. The van der Waals surface area contributed by atoms with E-state index in [0.717, 1.165) is 51.4 Å². The van der Waals surface area contributed by atoms with Crippen LogP contribution in [0.2, 0.25) is 0 Å². The van der Waals surface area contributed by atoms with Gasteiger partial charge in [0.25, 0.3) is 0 Å². The van der Waals surface area contributed by atoms with E-state index in [1.54, 1.807) is 0 Å². The lowest BCUT2D eigenvalue weighted by atomic mass is 9.42. The monoisotopic (exact) mass is 535 g/mol. The SMILES string of the molecule is C[C@]12CC[C@H](O[C@@H]3O[C@H](CO)[C@@H](O)[C@H](N)[C@H]3O)C[C@H]1CC[C@@H]1[C@@H]2CC[C@]2(C)[C@@H]3CC[C@]12O[C@H]1OC(=O)C[C@H]13. The Balaban J connectivity index is 1.08. The molecule has 4 aliphatic carbocycles. The average molecular weight is 536 g/mol. The van der Waals surface area contributed by atoms with Crippen LogP contribution in [0.1, 0.15) is 78.1 Å². The van der Waals surface area contributed by atoms with Gasteiger partial charge in [0.05, 0.1) is 30.8 Å². The van der Waals surface area contributed by atoms with Crippen LogP contribution in [0, 0.1) is 40.4 Å². The van der Waals surface area contributed by atoms with Crippen molar-refractivity contribution in [1.82, 2.24) is 0 Å². The molecule has 3 heterocycles. The molecular formula is C29H45NO8. The first-order valence-corrected chi connectivity index (χ1v) is 15.0. The van der Waals surface area contributed by atoms with Crippen LogP contribution in [0.5, 0.6) is 0 Å². The third-order valence-corrected chi connectivity index (χ3v) is 12.9. The summed E-state index contributed by atoms with van der Waals surface area (Å²) in [7, 11) is 0. The number of carbonyl (C=O) groups excluding carboxylic acids is 1. The topological polar surface area (TPSA) is 141 Å². The van der Waals surface area contributed by atoms with E-state index < -0.39 is 30.6 Å². The zero-order valence-electron chi connectivity index (χ0n) is 22.7. The quantitative estimate of drug-likeness (QED) is 0.315. The Hall–Kier alpha value is -0.810. The fraction of sp³-hybridized carbons (Fsp3) is 0.966. The highest BCUT2D eigenvalue weighted by Gasteiger charge is 2.74. The molecule has 0 aromatic heterocycles. The summed E-state index contributed by atoms with van der Waals surface area (Å²) in [5.74, 6) is 2.20. The Kier molecular flexibility index (Phi) is 6.08. The van der Waals surface area contributed by atoms with Crippen molar-refractivity contribution in [3.8, 4) is 0 Å². The minimum Gasteiger partial charge on any atom is -0.435 e. The third-order valence-electron chi connectivity index (χ3n) is 12.9. The lowest BCUT2D eigenvalue weighted by Crippen LogP contribution is -2.67. The van der Waals surface area contributed by atoms with Crippen LogP contribution in [0.4, 0.5) is 0 Å². The zero-order chi connectivity index (χ0) is 26.6. The molecule has 0 aromatic rings. The van der Waals surface area contributed by atoms with Crippen molar-refractivity contribution >= 4 is 5.97 Å². The molecule has 7 aliphatic rings. The first kappa shape index (κ1) is 26.1. The van der Waals surface area contributed by atoms with Crippen LogP contribution in [0.3, 0.4) is 0 Å². The highest BCUT2D eigenvalue weighted by molar-refractivity contribution is 5.72. The Morgan fingerprint density at radius 3 is 2.58 bits per heavy atom. The summed E-state index contributed by atoms with van der Waals surface area (Å²) in [4.78, 5) is 12.2. The Bertz CT molecular complexity index is 963. The van der Waals surface area contributed by atoms with Crippen molar-refractivity contribution < 1.29 is 39.1 Å². The van der Waals surface area contributed by atoms with Crippen LogP contribution in [-0.2, 0) is 23.7 Å². The molecule has 3 aliphatic heterocycles. The van der Waals surface area contributed by atoms with Crippen molar-refractivity contribution in [2.24, 2.45) is 46.2 Å². The first-order chi connectivity index (χ1) is 18.1. The molecule has 0 radical (unpaired) electrons. The molecule has 0 aromatic carbocycles. The van der Waals surface area contributed by atoms with E-state index in [1.165, 1.54) is 6.42 Å². The van der Waals surface area contributed by atoms with Gasteiger partial charge in [0.1, 0.15) is 18.3 Å². The van der Waals surface area contributed by atoms with Crippen LogP contribution < -0.4 is 5.73 Å². The number of aliphatic hydroxyl groups is 3. The van der Waals surface area contributed by atoms with E-state index in [-0.39, 0.29) is 47.3 Å². The number of fused-ring (bicyclic) bond motifs is 5. The average Bonchev–Trinajstić information content (AvgIpc) is 3.35. The lowest BCUT2D eigenvalue weighted by molar-refractivity contribution is -0.324. The van der Waals surface area contributed by atoms with E-state index in [9.17, 15) is 20.1 Å². The molecule has 3 saturated heterocycles. The first-order valence-electron chi connectivity index (χ1n) is 15.0. The van der Waals surface area contributed by atoms with Gasteiger partial charge in [0, 0.05) is 11.3 Å². The van der Waals surface area contributed by atoms with Crippen molar-refractivity contribution in [3.05, 3.63) is 0 Å². The van der Waals surface area contributed by atoms with Crippen LogP contribution in [0.15, 0.2) is 0 Å². The smallest absolute Gasteiger partial charge is 0.308 e. The van der Waals surface area contributed by atoms with Gasteiger partial charge < -0.3 is 40.0 Å². The van der Waals surface area contributed by atoms with E-state index in [1.807, 2.05) is 0 Å². The molecule has 4 saturated carbocycles. The fourth-order valence-electron chi connectivity index (χ4n) is 10.9. The number of nitrogens with two attached hydrogens (primary N) is 1. The molecule has 9 heteroatoms. The number of esters is 1. The molecule has 7 rings (SSSR count). The summed E-state index contributed by atoms with van der Waals surface area (Å²) < 4.78 is 24.7. The summed E-state index contributed by atoms with van der Waals surface area (Å²) in [6.45, 7) is 4.56. The summed E-state index contributed by atoms with van der Waals surface area (Å²) in [6, 6.07) is -0.921. The second-order valence-corrected chi connectivity index (χ2v) is 14.1. The predicted octanol–water partition coefficient (Wildman–Crippen LogP) is 1.84. The van der Waals surface area contributed by atoms with Gasteiger partial charge in [-0.15, -0.1) is 0 Å². The van der Waals surface area contributed by atoms with Gasteiger partial charge in [-0.05, 0) is 86.9 Å². The Morgan fingerprint density at radius 2 is 1.79 bits per heavy atom. The molecule has 0 unspecified atom stereocenters. The van der Waals surface area contributed by atoms with Gasteiger partial charge in [-0.1, -0.05) is 13.8 Å². The highest BCUT2D eigenvalue weighted by Crippen LogP contribution is 2.74. The highest BCUT2D eigenvalue weighted by atomic mass is 16.7. The maximum absolute atomic E-state index is 12.2. The summed E-state index contributed by atoms with van der Waals surface area (Å²) in [5.41, 5.74) is 6.12. The second-order valence-electron chi connectivity index (χ2n) is 14.1. The Morgan fingerprint density at radius 1 is 1.00 bits per heavy atom. The maximum atomic E-state index is 12.2. The molecule has 15 atom stereocenters. The van der Waals surface area contributed by atoms with Crippen molar-refractivity contribution in [2.75, 3.05) is 6.61 Å². The van der Waals surface area contributed by atoms with Gasteiger partial charge in [-0.3, -0.25) is 4.79 Å². The normalized spacial score (nSPS) is 59.4. The summed E-state index contributed by atoms with van der Waals surface area (Å²) in [6.07, 6.45) is 5.68. The zero-order valence-corrected chi connectivity index (χ0v) is 22.7. The van der Waals surface area contributed by atoms with E-state index in [4.69, 9.17) is 24.7 Å². The summed E-state index contributed by atoms with van der Waals surface area (Å²) >= 11 is 0. The van der Waals surface area contributed by atoms with Crippen molar-refractivity contribution in [2.45, 2.75) is 127 Å². The van der Waals surface area contributed by atoms with Crippen LogP contribution in [0.25, 0.3) is 0 Å². The molecule has 214 valence electrons. The Labute approximate surface area is 224 Å². The van der Waals surface area contributed by atoms with E-state index >= 15 is 0 Å². The number of rotatable bonds is 3. The molecule has 9 nitrogen and oxygen atoms in total. The van der Waals surface area contributed by atoms with E-state index in [2.05, 4.69) is 13.8 Å². The third kappa shape index (κ3) is 3.39. The van der Waals surface area contributed by atoms with Crippen LogP contribution in [-0.4, -0.2) is 76.5 Å². The standard InChI is InChI=1S/C29H45NO8/c1-27-8-5-15(35-26-24(34)22(30)23(33)20(13-31)36-26)11-14(27)3-4-19-18(27)6-9-28(2)17-7-10-29(19,28)38-25-16(17)12-21(32)37-25/h14-20,22-26,31,33-34H,3-13,30H2,1-2H3/t14-,15+,16+,17-,18+,19-,20-,22+,23-,24-,25-,26-,27+,28-,29+/m1/s1. The van der Waals surface area contributed by atoms with Crippen molar-refractivity contribution in [3.63, 3.8) is 0 Å². The lowest BCUT2D eigenvalue weighted by Gasteiger charge is -2.67. The molecule has 5 N–H and O–H groups in total. The molecule has 0 spiro atoms. The maximum Gasteiger partial charge on any atom is 0.308 e. The molecule has 0 amide bonds. The van der Waals surface area contributed by atoms with Gasteiger partial charge in [0.2, 0.25) is 6.29 Å². The predicted molar refractivity (Wildman–Crippen MR) is 134 cm³/mol. The largest absolute Gasteiger partial charge is 0.435 e. The minimum atomic E-state index is -1.14. The number of ether oxygens (including phenoxy) is 4. The van der Waals surface area contributed by atoms with Gasteiger partial charge in [-0.25, -0.2) is 0 Å². The molecule has 7 fully saturated rings. The second kappa shape index (κ2) is 8.84. The van der Waals surface area contributed by atoms with Gasteiger partial charge in [0.15, 0.2) is 6.29 Å². The molecule has 38 heavy (non-hydrogen) atoms. The molecular weight excluding hydrogens is 490 g/mol. The fourth-order valence-corrected chi connectivity index (χ4v) is 10.9. The number of hydrogen-bond acceptors (Lipinski definition) is 9. The number of carbonyl (C=O) groups is 1. The number of hydrogen-bond donors (Lipinski definition) is 4. The van der Waals surface area contributed by atoms with Gasteiger partial charge >= 0.3 is 5.97 Å². The van der Waals surface area contributed by atoms with Crippen LogP contribution >= 0.6 is 0 Å². The number of aliphatic hydroxyl groups excluding tert-OH is 3. The minimum absolute atomic E-state index is 0.0569. The molecule has 2 bridgehead atoms. The van der Waals surface area contributed by atoms with E-state index in [0.29, 0.717) is 30.1 Å². The van der Waals surface area contributed by atoms with Gasteiger partial charge in [-0.2, -0.15) is 0 Å².